The van der Waals surface area contributed by atoms with Crippen LogP contribution in [-0.4, -0.2) is 15.8 Å². The number of benzene rings is 2. The minimum absolute atomic E-state index is 0.330. The van der Waals surface area contributed by atoms with Crippen molar-refractivity contribution in [3.8, 4) is 0 Å². The Kier molecular flexibility index (Phi) is 3.70. The number of para-hydroxylation sites is 1. The normalized spacial score (nSPS) is 14.7. The number of rotatable bonds is 4. The van der Waals surface area contributed by atoms with Gasteiger partial charge in [0, 0.05) is 28.4 Å². The van der Waals surface area contributed by atoms with E-state index in [0.717, 1.165) is 12.1 Å². The highest BCUT2D eigenvalue weighted by atomic mass is 16.3. The summed E-state index contributed by atoms with van der Waals surface area (Å²) in [5, 5.41) is 12.4. The van der Waals surface area contributed by atoms with Crippen molar-refractivity contribution in [1.29, 1.82) is 0 Å². The number of hydrogen-bond acceptors (Lipinski definition) is 2. The van der Waals surface area contributed by atoms with E-state index < -0.39 is 6.10 Å². The van der Waals surface area contributed by atoms with Gasteiger partial charge >= 0.3 is 0 Å². The minimum Gasteiger partial charge on any atom is -0.391 e. The number of fused-ring (bicyclic) bond motifs is 3. The molecular weight excluding hydrogens is 260 g/mol. The summed E-state index contributed by atoms with van der Waals surface area (Å²) >= 11 is 0. The molecule has 2 aromatic carbocycles. The van der Waals surface area contributed by atoms with E-state index in [9.17, 15) is 5.11 Å². The third-order valence-electron chi connectivity index (χ3n) is 4.33. The smallest absolute Gasteiger partial charge is 0.0730 e. The molecule has 0 radical (unpaired) electrons. The van der Waals surface area contributed by atoms with Gasteiger partial charge in [0.15, 0.2) is 0 Å². The van der Waals surface area contributed by atoms with Gasteiger partial charge in [-0.1, -0.05) is 31.2 Å². The number of aryl methyl sites for hydroxylation is 1. The van der Waals surface area contributed by atoms with E-state index in [4.69, 9.17) is 5.73 Å². The first-order chi connectivity index (χ1) is 10.2. The van der Waals surface area contributed by atoms with Crippen molar-refractivity contribution in [2.24, 2.45) is 5.73 Å². The first-order valence-corrected chi connectivity index (χ1v) is 7.61. The fourth-order valence-electron chi connectivity index (χ4n) is 3.10. The molecule has 3 rings (SSSR count). The van der Waals surface area contributed by atoms with Crippen molar-refractivity contribution in [3.63, 3.8) is 0 Å². The maximum Gasteiger partial charge on any atom is 0.0730 e. The maximum atomic E-state index is 9.99. The van der Waals surface area contributed by atoms with E-state index in [1.165, 1.54) is 21.8 Å². The second-order valence-corrected chi connectivity index (χ2v) is 5.54. The van der Waals surface area contributed by atoms with Crippen molar-refractivity contribution in [2.75, 3.05) is 0 Å². The number of aliphatic hydroxyl groups is 1. The summed E-state index contributed by atoms with van der Waals surface area (Å²) < 4.78 is 2.32. The van der Waals surface area contributed by atoms with Gasteiger partial charge in [-0.05, 0) is 37.1 Å². The molecule has 3 heteroatoms. The third kappa shape index (κ3) is 2.23. The third-order valence-corrected chi connectivity index (χ3v) is 4.33. The molecule has 1 heterocycles. The lowest BCUT2D eigenvalue weighted by molar-refractivity contribution is 0.141. The fourth-order valence-corrected chi connectivity index (χ4v) is 3.10. The number of nitrogens with zero attached hydrogens (tertiary/aromatic N) is 1. The number of aliphatic hydroxyl groups excluding tert-OH is 1. The standard InChI is InChI=1S/C18H22N2O/c1-3-17(21)18(19)12-9-10-16-14(11-12)13-7-5-6-8-15(13)20(16)4-2/h5-11,17-18,21H,3-4,19H2,1-2H3/t17-,18+/m1/s1. The SMILES string of the molecule is CC[C@@H](O)[C@@H](N)c1ccc2c(c1)c1ccccc1n2CC. The summed E-state index contributed by atoms with van der Waals surface area (Å²) in [7, 11) is 0. The molecular formula is C18H22N2O. The van der Waals surface area contributed by atoms with Gasteiger partial charge in [-0.3, -0.25) is 0 Å². The quantitative estimate of drug-likeness (QED) is 0.768. The van der Waals surface area contributed by atoms with Crippen LogP contribution < -0.4 is 5.73 Å². The van der Waals surface area contributed by atoms with E-state index >= 15 is 0 Å². The topological polar surface area (TPSA) is 51.2 Å². The molecule has 1 aromatic heterocycles. The van der Waals surface area contributed by atoms with Crippen LogP contribution in [0.1, 0.15) is 31.9 Å². The van der Waals surface area contributed by atoms with Gasteiger partial charge < -0.3 is 15.4 Å². The summed E-state index contributed by atoms with van der Waals surface area (Å²) in [5.41, 5.74) is 9.63. The van der Waals surface area contributed by atoms with Crippen LogP contribution in [-0.2, 0) is 6.54 Å². The van der Waals surface area contributed by atoms with Crippen LogP contribution in [0.25, 0.3) is 21.8 Å². The van der Waals surface area contributed by atoms with Gasteiger partial charge in [0.2, 0.25) is 0 Å². The van der Waals surface area contributed by atoms with Crippen LogP contribution in [0.5, 0.6) is 0 Å². The van der Waals surface area contributed by atoms with Crippen LogP contribution in [0.15, 0.2) is 42.5 Å². The molecule has 0 bridgehead atoms. The summed E-state index contributed by atoms with van der Waals surface area (Å²) in [6.07, 6.45) is 0.164. The van der Waals surface area contributed by atoms with E-state index in [1.807, 2.05) is 13.0 Å². The Labute approximate surface area is 125 Å². The molecule has 21 heavy (non-hydrogen) atoms. The summed E-state index contributed by atoms with van der Waals surface area (Å²) in [6, 6.07) is 14.4. The van der Waals surface area contributed by atoms with E-state index in [2.05, 4.69) is 47.9 Å². The van der Waals surface area contributed by atoms with Crippen LogP contribution in [0.4, 0.5) is 0 Å². The van der Waals surface area contributed by atoms with Gasteiger partial charge in [0.25, 0.3) is 0 Å². The molecule has 0 aliphatic carbocycles. The Hall–Kier alpha value is -1.84. The van der Waals surface area contributed by atoms with E-state index in [-0.39, 0.29) is 6.04 Å². The molecule has 3 N–H and O–H groups in total. The predicted octanol–water partition coefficient (Wildman–Crippen LogP) is 3.59. The van der Waals surface area contributed by atoms with Crippen molar-refractivity contribution in [3.05, 3.63) is 48.0 Å². The van der Waals surface area contributed by atoms with Crippen LogP contribution in [0.2, 0.25) is 0 Å². The summed E-state index contributed by atoms with van der Waals surface area (Å²) in [5.74, 6) is 0. The molecule has 0 aliphatic heterocycles. The predicted molar refractivity (Wildman–Crippen MR) is 88.3 cm³/mol. The first-order valence-electron chi connectivity index (χ1n) is 7.61. The molecule has 3 aromatic rings. The van der Waals surface area contributed by atoms with Gasteiger partial charge in [0.1, 0.15) is 0 Å². The van der Waals surface area contributed by atoms with Gasteiger partial charge in [-0.2, -0.15) is 0 Å². The highest BCUT2D eigenvalue weighted by Gasteiger charge is 2.17. The Bertz CT molecular complexity index is 775. The number of hydrogen-bond donors (Lipinski definition) is 2. The molecule has 0 aliphatic rings. The van der Waals surface area contributed by atoms with Crippen LogP contribution in [0, 0.1) is 0 Å². The van der Waals surface area contributed by atoms with Crippen molar-refractivity contribution < 1.29 is 5.11 Å². The largest absolute Gasteiger partial charge is 0.391 e. The molecule has 0 spiro atoms. The summed E-state index contributed by atoms with van der Waals surface area (Å²) in [6.45, 7) is 5.05. The maximum absolute atomic E-state index is 9.99. The number of aromatic nitrogens is 1. The average Bonchev–Trinajstić information content (AvgIpc) is 2.86. The van der Waals surface area contributed by atoms with Crippen LogP contribution >= 0.6 is 0 Å². The molecule has 0 amide bonds. The average molecular weight is 282 g/mol. The second kappa shape index (κ2) is 5.51. The highest BCUT2D eigenvalue weighted by molar-refractivity contribution is 6.08. The zero-order chi connectivity index (χ0) is 15.0. The second-order valence-electron chi connectivity index (χ2n) is 5.54. The minimum atomic E-state index is -0.498. The Morgan fingerprint density at radius 1 is 1.05 bits per heavy atom. The molecule has 0 saturated carbocycles. The van der Waals surface area contributed by atoms with Crippen molar-refractivity contribution in [2.45, 2.75) is 39.0 Å². The van der Waals surface area contributed by atoms with Crippen molar-refractivity contribution in [1.82, 2.24) is 4.57 Å². The Balaban J connectivity index is 2.24. The lowest BCUT2D eigenvalue weighted by Gasteiger charge is -2.17. The zero-order valence-corrected chi connectivity index (χ0v) is 12.6. The van der Waals surface area contributed by atoms with Gasteiger partial charge in [-0.25, -0.2) is 0 Å². The van der Waals surface area contributed by atoms with E-state index in [1.54, 1.807) is 0 Å². The molecule has 0 saturated heterocycles. The van der Waals surface area contributed by atoms with Crippen LogP contribution in [0.3, 0.4) is 0 Å². The molecule has 0 fully saturated rings. The first kappa shape index (κ1) is 14.1. The van der Waals surface area contributed by atoms with Crippen molar-refractivity contribution >= 4 is 21.8 Å². The Morgan fingerprint density at radius 3 is 2.48 bits per heavy atom. The lowest BCUT2D eigenvalue weighted by atomic mass is 9.98. The monoisotopic (exact) mass is 282 g/mol. The molecule has 2 atom stereocenters. The van der Waals surface area contributed by atoms with E-state index in [0.29, 0.717) is 6.42 Å². The number of nitrogens with two attached hydrogens (primary N) is 1. The summed E-state index contributed by atoms with van der Waals surface area (Å²) in [4.78, 5) is 0. The highest BCUT2D eigenvalue weighted by Crippen LogP contribution is 2.31. The molecule has 110 valence electrons. The van der Waals surface area contributed by atoms with Gasteiger partial charge in [-0.15, -0.1) is 0 Å². The Morgan fingerprint density at radius 2 is 1.76 bits per heavy atom. The zero-order valence-electron chi connectivity index (χ0n) is 12.6. The molecule has 0 unspecified atom stereocenters. The molecule has 3 nitrogen and oxygen atoms in total. The fraction of sp³-hybridized carbons (Fsp3) is 0.333. The van der Waals surface area contributed by atoms with Gasteiger partial charge in [0.05, 0.1) is 12.1 Å². The lowest BCUT2D eigenvalue weighted by Crippen LogP contribution is -2.25.